The van der Waals surface area contributed by atoms with Crippen LogP contribution in [0, 0.1) is 12.7 Å². The predicted octanol–water partition coefficient (Wildman–Crippen LogP) is 2.29. The molecule has 5 nitrogen and oxygen atoms in total. The van der Waals surface area contributed by atoms with Crippen LogP contribution in [-0.2, 0) is 12.1 Å². The highest BCUT2D eigenvalue weighted by Gasteiger charge is 2.21. The van der Waals surface area contributed by atoms with E-state index in [1.54, 1.807) is 26.8 Å². The van der Waals surface area contributed by atoms with Gasteiger partial charge in [0.15, 0.2) is 12.4 Å². The zero-order valence-corrected chi connectivity index (χ0v) is 11.1. The van der Waals surface area contributed by atoms with Gasteiger partial charge < -0.3 is 15.0 Å². The summed E-state index contributed by atoms with van der Waals surface area (Å²) in [6.45, 7) is 5.45. The Kier molecular flexibility index (Phi) is 3.53. The Bertz CT molecular complexity index is 576. The Morgan fingerprint density at radius 2 is 2.16 bits per heavy atom. The molecule has 2 aromatic rings. The molecule has 0 aliphatic heterocycles. The van der Waals surface area contributed by atoms with E-state index in [2.05, 4.69) is 10.1 Å². The summed E-state index contributed by atoms with van der Waals surface area (Å²) >= 11 is 0. The molecule has 0 radical (unpaired) electrons. The van der Waals surface area contributed by atoms with Gasteiger partial charge in [-0.3, -0.25) is 0 Å². The number of aromatic nitrogens is 2. The number of nitrogens with two attached hydrogens (primary N) is 1. The number of hydrogen-bond acceptors (Lipinski definition) is 5. The van der Waals surface area contributed by atoms with E-state index >= 15 is 0 Å². The van der Waals surface area contributed by atoms with Crippen molar-refractivity contribution in [2.24, 2.45) is 5.73 Å². The molecular weight excluding hydrogens is 249 g/mol. The van der Waals surface area contributed by atoms with Gasteiger partial charge in [0.25, 0.3) is 5.89 Å². The van der Waals surface area contributed by atoms with Gasteiger partial charge in [-0.15, -0.1) is 0 Å². The van der Waals surface area contributed by atoms with Gasteiger partial charge in [0.2, 0.25) is 0 Å². The molecule has 1 aromatic carbocycles. The standard InChI is InChI=1S/C13H16FN3O2/c1-8-6-9(14)4-5-10(8)18-7-11-16-12(17-19-11)13(2,3)15/h4-6H,7,15H2,1-3H3. The molecule has 1 heterocycles. The molecule has 102 valence electrons. The van der Waals surface area contributed by atoms with E-state index in [0.717, 1.165) is 0 Å². The lowest BCUT2D eigenvalue weighted by atomic mass is 10.1. The van der Waals surface area contributed by atoms with Gasteiger partial charge in [0.05, 0.1) is 5.54 Å². The van der Waals surface area contributed by atoms with Crippen molar-refractivity contribution in [1.29, 1.82) is 0 Å². The largest absolute Gasteiger partial charge is 0.483 e. The molecule has 1 aromatic heterocycles. The Balaban J connectivity index is 2.04. The third-order valence-corrected chi connectivity index (χ3v) is 2.53. The first kappa shape index (κ1) is 13.5. The first-order valence-electron chi connectivity index (χ1n) is 5.87. The van der Waals surface area contributed by atoms with E-state index in [1.165, 1.54) is 12.1 Å². The number of hydrogen-bond donors (Lipinski definition) is 1. The number of ether oxygens (including phenoxy) is 1. The SMILES string of the molecule is Cc1cc(F)ccc1OCc1nc(C(C)(C)N)no1. The summed E-state index contributed by atoms with van der Waals surface area (Å²) in [6.07, 6.45) is 0. The van der Waals surface area contributed by atoms with E-state index in [9.17, 15) is 4.39 Å². The van der Waals surface area contributed by atoms with Crippen molar-refractivity contribution in [2.45, 2.75) is 32.9 Å². The molecule has 0 atom stereocenters. The van der Waals surface area contributed by atoms with Crippen molar-refractivity contribution in [3.63, 3.8) is 0 Å². The van der Waals surface area contributed by atoms with Gasteiger partial charge in [-0.25, -0.2) is 4.39 Å². The Morgan fingerprint density at radius 3 is 2.74 bits per heavy atom. The molecule has 0 unspecified atom stereocenters. The fourth-order valence-corrected chi connectivity index (χ4v) is 1.49. The van der Waals surface area contributed by atoms with Gasteiger partial charge in [-0.05, 0) is 44.5 Å². The quantitative estimate of drug-likeness (QED) is 0.918. The lowest BCUT2D eigenvalue weighted by Gasteiger charge is -2.11. The second kappa shape index (κ2) is 4.97. The maximum Gasteiger partial charge on any atom is 0.264 e. The van der Waals surface area contributed by atoms with E-state index in [1.807, 2.05) is 0 Å². The topological polar surface area (TPSA) is 74.2 Å². The van der Waals surface area contributed by atoms with Crippen LogP contribution in [0.5, 0.6) is 5.75 Å². The maximum atomic E-state index is 12.9. The van der Waals surface area contributed by atoms with Crippen LogP contribution >= 0.6 is 0 Å². The van der Waals surface area contributed by atoms with Crippen LogP contribution in [0.2, 0.25) is 0 Å². The zero-order valence-electron chi connectivity index (χ0n) is 11.1. The zero-order chi connectivity index (χ0) is 14.0. The minimum Gasteiger partial charge on any atom is -0.483 e. The molecule has 0 aliphatic rings. The smallest absolute Gasteiger partial charge is 0.264 e. The van der Waals surface area contributed by atoms with Gasteiger partial charge in [-0.2, -0.15) is 4.98 Å². The highest BCUT2D eigenvalue weighted by Crippen LogP contribution is 2.20. The van der Waals surface area contributed by atoms with Crippen molar-refractivity contribution in [3.05, 3.63) is 41.3 Å². The maximum absolute atomic E-state index is 12.9. The summed E-state index contributed by atoms with van der Waals surface area (Å²) < 4.78 is 23.5. The van der Waals surface area contributed by atoms with Crippen LogP contribution < -0.4 is 10.5 Å². The van der Waals surface area contributed by atoms with Gasteiger partial charge >= 0.3 is 0 Å². The van der Waals surface area contributed by atoms with Crippen LogP contribution in [0.1, 0.15) is 31.1 Å². The molecule has 0 aliphatic carbocycles. The van der Waals surface area contributed by atoms with E-state index in [-0.39, 0.29) is 12.4 Å². The second-order valence-corrected chi connectivity index (χ2v) is 4.93. The van der Waals surface area contributed by atoms with E-state index in [4.69, 9.17) is 15.0 Å². The molecule has 0 fully saturated rings. The third kappa shape index (κ3) is 3.29. The summed E-state index contributed by atoms with van der Waals surface area (Å²) in [5.74, 6) is 1.03. The molecular formula is C13H16FN3O2. The number of rotatable bonds is 4. The Hall–Kier alpha value is -1.95. The second-order valence-electron chi connectivity index (χ2n) is 4.93. The minimum atomic E-state index is -0.659. The molecule has 0 spiro atoms. The summed E-state index contributed by atoms with van der Waals surface area (Å²) in [7, 11) is 0. The highest BCUT2D eigenvalue weighted by atomic mass is 19.1. The van der Waals surface area contributed by atoms with Crippen LogP contribution in [0.25, 0.3) is 0 Å². The monoisotopic (exact) mass is 265 g/mol. The number of aryl methyl sites for hydroxylation is 1. The fourth-order valence-electron chi connectivity index (χ4n) is 1.49. The van der Waals surface area contributed by atoms with Crippen molar-refractivity contribution >= 4 is 0 Å². The molecule has 0 saturated carbocycles. The van der Waals surface area contributed by atoms with Crippen LogP contribution in [0.4, 0.5) is 4.39 Å². The summed E-state index contributed by atoms with van der Waals surface area (Å²) in [5.41, 5.74) is 5.90. The molecule has 6 heteroatoms. The fraction of sp³-hybridized carbons (Fsp3) is 0.385. The molecule has 0 bridgehead atoms. The molecule has 19 heavy (non-hydrogen) atoms. The van der Waals surface area contributed by atoms with Crippen LogP contribution in [-0.4, -0.2) is 10.1 Å². The number of benzene rings is 1. The molecule has 0 saturated heterocycles. The van der Waals surface area contributed by atoms with Gasteiger partial charge in [0.1, 0.15) is 11.6 Å². The highest BCUT2D eigenvalue weighted by molar-refractivity contribution is 5.32. The Labute approximate surface area is 110 Å². The van der Waals surface area contributed by atoms with Gasteiger partial charge in [0, 0.05) is 0 Å². The third-order valence-electron chi connectivity index (χ3n) is 2.53. The van der Waals surface area contributed by atoms with Crippen LogP contribution in [0.3, 0.4) is 0 Å². The van der Waals surface area contributed by atoms with Gasteiger partial charge in [-0.1, -0.05) is 5.16 Å². The van der Waals surface area contributed by atoms with Crippen LogP contribution in [0.15, 0.2) is 22.7 Å². The minimum absolute atomic E-state index is 0.121. The predicted molar refractivity (Wildman–Crippen MR) is 67.0 cm³/mol. The van der Waals surface area contributed by atoms with Crippen molar-refractivity contribution < 1.29 is 13.7 Å². The Morgan fingerprint density at radius 1 is 1.42 bits per heavy atom. The summed E-state index contributed by atoms with van der Waals surface area (Å²) in [5, 5.41) is 3.79. The van der Waals surface area contributed by atoms with Crippen molar-refractivity contribution in [3.8, 4) is 5.75 Å². The van der Waals surface area contributed by atoms with Crippen molar-refractivity contribution in [2.75, 3.05) is 0 Å². The molecule has 2 N–H and O–H groups in total. The normalized spacial score (nSPS) is 11.6. The average Bonchev–Trinajstić information content (AvgIpc) is 2.76. The number of nitrogens with zero attached hydrogens (tertiary/aromatic N) is 2. The molecule has 0 amide bonds. The van der Waals surface area contributed by atoms with E-state index in [0.29, 0.717) is 23.0 Å². The first-order valence-corrected chi connectivity index (χ1v) is 5.87. The number of halogens is 1. The first-order chi connectivity index (χ1) is 8.86. The summed E-state index contributed by atoms with van der Waals surface area (Å²) in [6, 6.07) is 4.30. The lowest BCUT2D eigenvalue weighted by Crippen LogP contribution is -2.30. The van der Waals surface area contributed by atoms with E-state index < -0.39 is 5.54 Å². The average molecular weight is 265 g/mol. The van der Waals surface area contributed by atoms with Crippen molar-refractivity contribution in [1.82, 2.24) is 10.1 Å². The summed E-state index contributed by atoms with van der Waals surface area (Å²) in [4.78, 5) is 4.14. The lowest BCUT2D eigenvalue weighted by molar-refractivity contribution is 0.240. The molecule has 2 rings (SSSR count).